The van der Waals surface area contributed by atoms with Crippen molar-refractivity contribution in [2.24, 2.45) is 11.8 Å². The van der Waals surface area contributed by atoms with E-state index >= 15 is 0 Å². The molecule has 2 fully saturated rings. The van der Waals surface area contributed by atoms with E-state index in [1.165, 1.54) is 25.7 Å². The molecule has 6 nitrogen and oxygen atoms in total. The van der Waals surface area contributed by atoms with Gasteiger partial charge >= 0.3 is 0 Å². The van der Waals surface area contributed by atoms with E-state index in [4.69, 9.17) is 10.3 Å². The minimum atomic E-state index is 0.325. The average Bonchev–Trinajstić information content (AvgIpc) is 3.15. The summed E-state index contributed by atoms with van der Waals surface area (Å²) in [4.78, 5) is 12.6. The molecule has 2 N–H and O–H groups in total. The Kier molecular flexibility index (Phi) is 2.30. The molecule has 2 aliphatic rings. The second-order valence-corrected chi connectivity index (χ2v) is 5.53. The molecule has 2 aromatic rings. The fraction of sp³-hybridized carbons (Fsp3) is 0.538. The molecule has 0 spiro atoms. The first-order valence-corrected chi connectivity index (χ1v) is 6.71. The minimum absolute atomic E-state index is 0.325. The van der Waals surface area contributed by atoms with Crippen molar-refractivity contribution < 1.29 is 4.52 Å². The van der Waals surface area contributed by atoms with Crippen molar-refractivity contribution in [1.29, 1.82) is 0 Å². The minimum Gasteiger partial charge on any atom is -0.382 e. The lowest BCUT2D eigenvalue weighted by molar-refractivity contribution is 0.372. The molecule has 0 saturated heterocycles. The van der Waals surface area contributed by atoms with Gasteiger partial charge in [-0.05, 0) is 31.1 Å². The lowest BCUT2D eigenvalue weighted by atomic mass is 9.88. The summed E-state index contributed by atoms with van der Waals surface area (Å²) >= 11 is 0. The van der Waals surface area contributed by atoms with Crippen molar-refractivity contribution in [3.63, 3.8) is 0 Å². The maximum Gasteiger partial charge on any atom is 0.280 e. The zero-order valence-electron chi connectivity index (χ0n) is 10.5. The summed E-state index contributed by atoms with van der Waals surface area (Å²) in [5.41, 5.74) is 6.25. The highest BCUT2D eigenvalue weighted by molar-refractivity contribution is 5.61. The van der Waals surface area contributed by atoms with Crippen LogP contribution in [0.2, 0.25) is 0 Å². The van der Waals surface area contributed by atoms with Crippen LogP contribution in [0.1, 0.15) is 37.4 Å². The van der Waals surface area contributed by atoms with E-state index < -0.39 is 0 Å². The summed E-state index contributed by atoms with van der Waals surface area (Å²) < 4.78 is 5.31. The smallest absolute Gasteiger partial charge is 0.280 e. The molecule has 2 bridgehead atoms. The quantitative estimate of drug-likeness (QED) is 0.884. The molecule has 4 rings (SSSR count). The van der Waals surface area contributed by atoms with E-state index in [-0.39, 0.29) is 0 Å². The van der Waals surface area contributed by atoms with Gasteiger partial charge in [0, 0.05) is 18.3 Å². The summed E-state index contributed by atoms with van der Waals surface area (Å²) in [6, 6.07) is 0. The van der Waals surface area contributed by atoms with Crippen molar-refractivity contribution in [2.45, 2.75) is 31.6 Å². The first-order chi connectivity index (χ1) is 9.31. The van der Waals surface area contributed by atoms with Crippen LogP contribution in [0.3, 0.4) is 0 Å². The molecule has 0 aliphatic heterocycles. The summed E-state index contributed by atoms with van der Waals surface area (Å²) in [6.07, 6.45) is 8.30. The van der Waals surface area contributed by atoms with Crippen molar-refractivity contribution in [3.8, 4) is 11.6 Å². The lowest BCUT2D eigenvalue weighted by Gasteiger charge is -2.17. The molecule has 19 heavy (non-hydrogen) atoms. The van der Waals surface area contributed by atoms with E-state index in [0.29, 0.717) is 23.3 Å². The highest BCUT2D eigenvalue weighted by Crippen LogP contribution is 2.52. The van der Waals surface area contributed by atoms with Gasteiger partial charge in [0.2, 0.25) is 0 Å². The zero-order valence-corrected chi connectivity index (χ0v) is 10.5. The Balaban J connectivity index is 1.65. The van der Waals surface area contributed by atoms with Crippen molar-refractivity contribution >= 4 is 5.82 Å². The number of hydrogen-bond donors (Lipinski definition) is 1. The predicted molar refractivity (Wildman–Crippen MR) is 67.9 cm³/mol. The Morgan fingerprint density at radius 2 is 2.05 bits per heavy atom. The molecule has 2 aromatic heterocycles. The maximum atomic E-state index is 5.77. The van der Waals surface area contributed by atoms with Gasteiger partial charge in [-0.3, -0.25) is 0 Å². The predicted octanol–water partition coefficient (Wildman–Crippen LogP) is 2.01. The molecule has 0 amide bonds. The molecule has 0 radical (unpaired) electrons. The number of fused-ring (bicyclic) bond motifs is 2. The van der Waals surface area contributed by atoms with Crippen LogP contribution in [-0.4, -0.2) is 20.1 Å². The Bertz CT molecular complexity index is 611. The molecule has 0 aromatic carbocycles. The normalized spacial score (nSPS) is 28.9. The largest absolute Gasteiger partial charge is 0.382 e. The first kappa shape index (κ1) is 10.9. The molecular formula is C13H15N5O. The summed E-state index contributed by atoms with van der Waals surface area (Å²) in [7, 11) is 0. The van der Waals surface area contributed by atoms with Crippen molar-refractivity contribution in [2.75, 3.05) is 5.73 Å². The van der Waals surface area contributed by atoms with Gasteiger partial charge in [0.15, 0.2) is 17.3 Å². The Morgan fingerprint density at radius 1 is 1.16 bits per heavy atom. The fourth-order valence-electron chi connectivity index (χ4n) is 3.56. The van der Waals surface area contributed by atoms with Crippen molar-refractivity contribution in [3.05, 3.63) is 18.2 Å². The zero-order chi connectivity index (χ0) is 12.8. The topological polar surface area (TPSA) is 90.7 Å². The van der Waals surface area contributed by atoms with Crippen LogP contribution in [0.15, 0.2) is 16.9 Å². The molecule has 6 heteroatoms. The van der Waals surface area contributed by atoms with Gasteiger partial charge in [0.05, 0.1) is 0 Å². The maximum absolute atomic E-state index is 5.77. The lowest BCUT2D eigenvalue weighted by Crippen LogP contribution is -2.10. The van der Waals surface area contributed by atoms with E-state index in [2.05, 4.69) is 20.1 Å². The van der Waals surface area contributed by atoms with E-state index in [9.17, 15) is 0 Å². The van der Waals surface area contributed by atoms with Crippen LogP contribution < -0.4 is 5.73 Å². The van der Waals surface area contributed by atoms with Crippen LogP contribution >= 0.6 is 0 Å². The van der Waals surface area contributed by atoms with E-state index in [1.807, 2.05) is 0 Å². The van der Waals surface area contributed by atoms with Crippen LogP contribution in [0.25, 0.3) is 11.6 Å². The van der Waals surface area contributed by atoms with Crippen molar-refractivity contribution in [1.82, 2.24) is 20.1 Å². The van der Waals surface area contributed by atoms with Gasteiger partial charge in [-0.1, -0.05) is 11.6 Å². The van der Waals surface area contributed by atoms with Crippen LogP contribution in [0, 0.1) is 11.8 Å². The van der Waals surface area contributed by atoms with Crippen LogP contribution in [0.4, 0.5) is 5.82 Å². The SMILES string of the molecule is Nc1nccnc1-c1nc(C2CC3CCC2C3)no1. The monoisotopic (exact) mass is 257 g/mol. The number of rotatable bonds is 2. The number of hydrogen-bond acceptors (Lipinski definition) is 6. The van der Waals surface area contributed by atoms with Gasteiger partial charge in [-0.15, -0.1) is 0 Å². The Morgan fingerprint density at radius 3 is 2.79 bits per heavy atom. The second kappa shape index (κ2) is 4.01. The number of aromatic nitrogens is 4. The van der Waals surface area contributed by atoms with E-state index in [1.54, 1.807) is 12.4 Å². The Labute approximate surface area is 110 Å². The van der Waals surface area contributed by atoms with Gasteiger partial charge in [0.1, 0.15) is 0 Å². The van der Waals surface area contributed by atoms with E-state index in [0.717, 1.165) is 17.7 Å². The molecule has 2 aliphatic carbocycles. The van der Waals surface area contributed by atoms with Gasteiger partial charge in [0.25, 0.3) is 5.89 Å². The van der Waals surface area contributed by atoms with Gasteiger partial charge in [-0.25, -0.2) is 9.97 Å². The third-order valence-electron chi connectivity index (χ3n) is 4.44. The average molecular weight is 257 g/mol. The number of nitrogens with two attached hydrogens (primary N) is 1. The standard InChI is InChI=1S/C13H15N5O/c14-11-10(15-3-4-16-11)13-17-12(18-19-13)9-6-7-1-2-8(9)5-7/h3-4,7-9H,1-2,5-6H2,(H2,14,16). The van der Waals surface area contributed by atoms with Gasteiger partial charge < -0.3 is 10.3 Å². The third kappa shape index (κ3) is 1.70. The highest BCUT2D eigenvalue weighted by atomic mass is 16.5. The van der Waals surface area contributed by atoms with Crippen LogP contribution in [-0.2, 0) is 0 Å². The molecule has 3 atom stereocenters. The number of nitrogens with zero attached hydrogens (tertiary/aromatic N) is 4. The highest BCUT2D eigenvalue weighted by Gasteiger charge is 2.42. The number of anilines is 1. The molecule has 3 unspecified atom stereocenters. The molecule has 98 valence electrons. The van der Waals surface area contributed by atoms with Gasteiger partial charge in [-0.2, -0.15) is 4.98 Å². The Hall–Kier alpha value is -1.98. The summed E-state index contributed by atoms with van der Waals surface area (Å²) in [5, 5.41) is 4.12. The summed E-state index contributed by atoms with van der Waals surface area (Å²) in [5.74, 6) is 3.56. The molecule has 2 saturated carbocycles. The fourth-order valence-corrected chi connectivity index (χ4v) is 3.56. The molecule has 2 heterocycles. The number of nitrogen functional groups attached to an aromatic ring is 1. The summed E-state index contributed by atoms with van der Waals surface area (Å²) in [6.45, 7) is 0. The van der Waals surface area contributed by atoms with Crippen LogP contribution in [0.5, 0.6) is 0 Å². The third-order valence-corrected chi connectivity index (χ3v) is 4.44. The first-order valence-electron chi connectivity index (χ1n) is 6.71. The second-order valence-electron chi connectivity index (χ2n) is 5.53. The molecular weight excluding hydrogens is 242 g/mol.